The standard InChI is InChI=1S/C46H52N2O10/c1-45(2,3)57-40(51)22-21-34(28-49)47-42(52)36-19-11-23-48(36)43(53)33-24-38(41-39(25-33)56-46(58-41)26-31-14-4-5-15-32(31)27-46)55-44(54)35-18-8-6-12-29(35)16-10-17-30-13-7-9-20-37(30)50/h4-10,12-16,18,20,25,34,36,38-39,41,49-50H,11,17,19,21-24,26-28H2,1-3H3,(H,47,52)/t34-,36+,38+,39+,41-/m0/s1. The van der Waals surface area contributed by atoms with Gasteiger partial charge in [-0.3, -0.25) is 14.4 Å². The van der Waals surface area contributed by atoms with E-state index in [1.807, 2.05) is 60.7 Å². The van der Waals surface area contributed by atoms with Crippen LogP contribution in [0.1, 0.15) is 85.5 Å². The molecule has 1 spiro atoms. The van der Waals surface area contributed by atoms with Crippen LogP contribution in [0.3, 0.4) is 0 Å². The second-order valence-electron chi connectivity index (χ2n) is 16.5. The first-order valence-corrected chi connectivity index (χ1v) is 20.1. The summed E-state index contributed by atoms with van der Waals surface area (Å²) in [6.45, 7) is 5.27. The molecule has 2 amide bonds. The summed E-state index contributed by atoms with van der Waals surface area (Å²) in [5.74, 6) is -2.59. The van der Waals surface area contributed by atoms with Crippen molar-refractivity contribution >= 4 is 29.8 Å². The van der Waals surface area contributed by atoms with Gasteiger partial charge in [0.25, 0.3) is 0 Å². The summed E-state index contributed by atoms with van der Waals surface area (Å²) in [4.78, 5) is 56.0. The number of aromatic hydroxyl groups is 1. The Kier molecular flexibility index (Phi) is 12.2. The largest absolute Gasteiger partial charge is 0.508 e. The molecule has 2 fully saturated rings. The normalized spacial score (nSPS) is 22.6. The van der Waals surface area contributed by atoms with Crippen LogP contribution in [0.15, 0.2) is 90.5 Å². The van der Waals surface area contributed by atoms with Crippen LogP contribution in [0, 0.1) is 0 Å². The Morgan fingerprint density at radius 1 is 0.983 bits per heavy atom. The fraction of sp³-hybridized carbons (Fsp3) is 0.435. The number of aliphatic hydroxyl groups is 1. The van der Waals surface area contributed by atoms with Crippen LogP contribution in [0.5, 0.6) is 5.75 Å². The highest BCUT2D eigenvalue weighted by Gasteiger charge is 2.55. The zero-order chi connectivity index (χ0) is 41.0. The second-order valence-corrected chi connectivity index (χ2v) is 16.5. The summed E-state index contributed by atoms with van der Waals surface area (Å²) in [6, 6.07) is 20.7. The van der Waals surface area contributed by atoms with Gasteiger partial charge in [0.1, 0.15) is 35.7 Å². The average molecular weight is 793 g/mol. The van der Waals surface area contributed by atoms with Gasteiger partial charge in [-0.1, -0.05) is 72.8 Å². The average Bonchev–Trinajstić information content (AvgIpc) is 3.92. The Hall–Kier alpha value is -5.30. The van der Waals surface area contributed by atoms with E-state index in [1.165, 1.54) is 4.90 Å². The first-order chi connectivity index (χ1) is 27.8. The molecule has 3 N–H and O–H groups in total. The Balaban J connectivity index is 1.08. The Morgan fingerprint density at radius 3 is 2.41 bits per heavy atom. The SMILES string of the molecule is CC(C)(C)OC(=O)CC[C@@H](CO)NC(=O)[C@H]1CCCN1C(=O)C1=C[C@H]2OC3(Cc4ccccc4C3)O[C@H]2[C@H](OC(=O)c2ccccc2C=CCc2ccccc2O)C1. The van der Waals surface area contributed by atoms with Crippen molar-refractivity contribution in [2.75, 3.05) is 13.2 Å². The van der Waals surface area contributed by atoms with Crippen LogP contribution >= 0.6 is 0 Å². The van der Waals surface area contributed by atoms with Gasteiger partial charge in [-0.15, -0.1) is 0 Å². The highest BCUT2D eigenvalue weighted by atomic mass is 16.8. The van der Waals surface area contributed by atoms with E-state index in [1.54, 1.807) is 51.1 Å². The molecule has 306 valence electrons. The number of amides is 2. The number of rotatable bonds is 12. The first kappa shape index (κ1) is 40.9. The number of esters is 2. The summed E-state index contributed by atoms with van der Waals surface area (Å²) < 4.78 is 25.0. The van der Waals surface area contributed by atoms with E-state index in [2.05, 4.69) is 5.32 Å². The molecule has 0 bridgehead atoms. The number of fused-ring (bicyclic) bond motifs is 2. The van der Waals surface area contributed by atoms with Crippen molar-refractivity contribution in [3.63, 3.8) is 0 Å². The smallest absolute Gasteiger partial charge is 0.339 e. The van der Waals surface area contributed by atoms with Crippen LogP contribution in [0.2, 0.25) is 0 Å². The molecule has 2 aliphatic carbocycles. The molecular weight excluding hydrogens is 741 g/mol. The molecule has 0 unspecified atom stereocenters. The number of phenols is 1. The van der Waals surface area contributed by atoms with Gasteiger partial charge >= 0.3 is 11.9 Å². The molecule has 3 aromatic rings. The third-order valence-electron chi connectivity index (χ3n) is 11.1. The van der Waals surface area contributed by atoms with Gasteiger partial charge in [-0.25, -0.2) is 4.79 Å². The topological polar surface area (TPSA) is 161 Å². The van der Waals surface area contributed by atoms with Crippen molar-refractivity contribution in [2.24, 2.45) is 0 Å². The van der Waals surface area contributed by atoms with Crippen LogP contribution in [-0.2, 0) is 52.6 Å². The number of benzene rings is 3. The minimum atomic E-state index is -0.989. The fourth-order valence-electron chi connectivity index (χ4n) is 8.34. The van der Waals surface area contributed by atoms with Crippen LogP contribution in [-0.4, -0.2) is 93.8 Å². The lowest BCUT2D eigenvalue weighted by Gasteiger charge is -2.33. The summed E-state index contributed by atoms with van der Waals surface area (Å²) in [6.07, 6.45) is 5.91. The third kappa shape index (κ3) is 9.36. The van der Waals surface area contributed by atoms with Gasteiger partial charge in [0, 0.05) is 37.8 Å². The Bertz CT molecular complexity index is 2060. The van der Waals surface area contributed by atoms with E-state index in [9.17, 15) is 29.4 Å². The Morgan fingerprint density at radius 2 is 1.69 bits per heavy atom. The summed E-state index contributed by atoms with van der Waals surface area (Å²) in [5, 5.41) is 23.1. The van der Waals surface area contributed by atoms with Gasteiger partial charge in [-0.2, -0.15) is 0 Å². The van der Waals surface area contributed by atoms with E-state index in [-0.39, 0.29) is 37.5 Å². The second kappa shape index (κ2) is 17.3. The van der Waals surface area contributed by atoms with Crippen molar-refractivity contribution in [3.05, 3.63) is 118 Å². The van der Waals surface area contributed by atoms with E-state index in [0.29, 0.717) is 55.3 Å². The predicted octanol–water partition coefficient (Wildman–Crippen LogP) is 5.37. The predicted molar refractivity (Wildman–Crippen MR) is 214 cm³/mol. The number of hydrogen-bond donors (Lipinski definition) is 3. The molecule has 2 saturated heterocycles. The van der Waals surface area contributed by atoms with Crippen molar-refractivity contribution in [1.82, 2.24) is 10.2 Å². The molecule has 58 heavy (non-hydrogen) atoms. The molecule has 0 saturated carbocycles. The van der Waals surface area contributed by atoms with Crippen LogP contribution in [0.4, 0.5) is 0 Å². The maximum atomic E-state index is 14.4. The summed E-state index contributed by atoms with van der Waals surface area (Å²) >= 11 is 0. The number of aliphatic hydroxyl groups excluding tert-OH is 1. The highest BCUT2D eigenvalue weighted by molar-refractivity contribution is 5.98. The van der Waals surface area contributed by atoms with Gasteiger partial charge in [0.15, 0.2) is 5.79 Å². The number of para-hydroxylation sites is 1. The lowest BCUT2D eigenvalue weighted by molar-refractivity contribution is -0.172. The van der Waals surface area contributed by atoms with Crippen molar-refractivity contribution in [1.29, 1.82) is 0 Å². The van der Waals surface area contributed by atoms with E-state index >= 15 is 0 Å². The number of allylic oxidation sites excluding steroid dienone is 1. The minimum absolute atomic E-state index is 0.0132. The zero-order valence-corrected chi connectivity index (χ0v) is 33.2. The number of hydrogen-bond acceptors (Lipinski definition) is 10. The van der Waals surface area contributed by atoms with Crippen molar-refractivity contribution in [3.8, 4) is 5.75 Å². The van der Waals surface area contributed by atoms with Gasteiger partial charge in [-0.05, 0) is 86.9 Å². The molecule has 3 aromatic carbocycles. The number of ether oxygens (including phenoxy) is 4. The monoisotopic (exact) mass is 792 g/mol. The molecule has 0 radical (unpaired) electrons. The van der Waals surface area contributed by atoms with Crippen molar-refractivity contribution in [2.45, 2.75) is 114 Å². The maximum Gasteiger partial charge on any atom is 0.339 e. The quantitative estimate of drug-likeness (QED) is 0.204. The number of carbonyl (C=O) groups is 4. The van der Waals surface area contributed by atoms with Gasteiger partial charge in [0.05, 0.1) is 18.2 Å². The van der Waals surface area contributed by atoms with Gasteiger partial charge in [0.2, 0.25) is 11.8 Å². The molecule has 0 aromatic heterocycles. The molecular formula is C46H52N2O10. The van der Waals surface area contributed by atoms with Gasteiger partial charge < -0.3 is 39.4 Å². The molecule has 12 nitrogen and oxygen atoms in total. The van der Waals surface area contributed by atoms with E-state index in [0.717, 1.165) is 16.7 Å². The number of phenolic OH excluding ortho intramolecular Hbond substituents is 1. The first-order valence-electron chi connectivity index (χ1n) is 20.1. The summed E-state index contributed by atoms with van der Waals surface area (Å²) in [5.41, 5.74) is 3.64. The minimum Gasteiger partial charge on any atom is -0.508 e. The number of likely N-dealkylation sites (tertiary alicyclic amines) is 1. The lowest BCUT2D eigenvalue weighted by Crippen LogP contribution is -2.51. The fourth-order valence-corrected chi connectivity index (χ4v) is 8.34. The molecule has 2 heterocycles. The number of nitrogens with one attached hydrogen (secondary N) is 1. The number of carbonyl (C=O) groups excluding carboxylic acids is 4. The van der Waals surface area contributed by atoms with Crippen LogP contribution in [0.25, 0.3) is 6.08 Å². The van der Waals surface area contributed by atoms with E-state index < -0.39 is 59.6 Å². The van der Waals surface area contributed by atoms with Crippen LogP contribution < -0.4 is 5.32 Å². The molecule has 7 rings (SSSR count). The molecule has 2 aliphatic heterocycles. The maximum absolute atomic E-state index is 14.4. The Labute approximate surface area is 338 Å². The summed E-state index contributed by atoms with van der Waals surface area (Å²) in [7, 11) is 0. The molecule has 4 aliphatic rings. The lowest BCUT2D eigenvalue weighted by atomic mass is 9.91. The highest BCUT2D eigenvalue weighted by Crippen LogP contribution is 2.45. The van der Waals surface area contributed by atoms with Crippen molar-refractivity contribution < 1.29 is 48.3 Å². The zero-order valence-electron chi connectivity index (χ0n) is 33.2. The third-order valence-corrected chi connectivity index (χ3v) is 11.1. The molecule has 5 atom stereocenters. The molecule has 12 heteroatoms. The number of nitrogens with zero attached hydrogens (tertiary/aromatic N) is 1. The van der Waals surface area contributed by atoms with E-state index in [4.69, 9.17) is 18.9 Å².